The zero-order valence-corrected chi connectivity index (χ0v) is 37.6. The number of hydrogen-bond donors (Lipinski definition) is 1. The number of carbonyl (C=O) groups excluding carboxylic acids is 4. The molecule has 1 heterocycles. The van der Waals surface area contributed by atoms with Crippen LogP contribution < -0.4 is 5.32 Å². The Bertz CT molecular complexity index is 1580. The Hall–Kier alpha value is -2.58. The van der Waals surface area contributed by atoms with Crippen molar-refractivity contribution in [1.29, 1.82) is 0 Å². The topological polar surface area (TPSA) is 154 Å². The molecule has 0 spiro atoms. The molecule has 0 aromatic carbocycles. The highest BCUT2D eigenvalue weighted by Gasteiger charge is 2.59. The molecule has 13 atom stereocenters. The second kappa shape index (κ2) is 22.2. The first-order valence-corrected chi connectivity index (χ1v) is 22.8. The number of amides is 1. The van der Waals surface area contributed by atoms with Crippen LogP contribution in [0.1, 0.15) is 137 Å². The maximum atomic E-state index is 12.6. The van der Waals surface area contributed by atoms with Crippen molar-refractivity contribution in [2.45, 2.75) is 170 Å². The van der Waals surface area contributed by atoms with Crippen LogP contribution in [0.3, 0.4) is 0 Å². The second-order valence-electron chi connectivity index (χ2n) is 19.1. The highest BCUT2D eigenvalue weighted by atomic mass is 16.7. The van der Waals surface area contributed by atoms with E-state index >= 15 is 0 Å². The molecule has 1 N–H and O–H groups in total. The van der Waals surface area contributed by atoms with Gasteiger partial charge in [0.05, 0.1) is 45.7 Å². The molecule has 0 radical (unpaired) electrons. The molecule has 0 aromatic heterocycles. The van der Waals surface area contributed by atoms with Crippen molar-refractivity contribution in [1.82, 2.24) is 5.32 Å². The van der Waals surface area contributed by atoms with Crippen LogP contribution in [0.4, 0.5) is 0 Å². The van der Waals surface area contributed by atoms with Crippen molar-refractivity contribution in [2.24, 2.45) is 46.3 Å². The molecule has 5 rings (SSSR count). The van der Waals surface area contributed by atoms with E-state index in [-0.39, 0.29) is 31.3 Å². The molecule has 13 heteroatoms. The van der Waals surface area contributed by atoms with Crippen LogP contribution in [0.25, 0.3) is 0 Å². The van der Waals surface area contributed by atoms with Gasteiger partial charge < -0.3 is 43.2 Å². The van der Waals surface area contributed by atoms with Gasteiger partial charge in [-0.15, -0.1) is 0 Å². The molecular weight excluding hydrogens is 771 g/mol. The number of rotatable bonds is 21. The standard InChI is InChI=1S/C47H77NO12/c1-29(2)11-10-12-30(3)38-15-16-39-37-14-13-35-27-36(17-19-46(35,8)40(37)18-20-47(38,39)9)55-25-23-53-21-22-54-24-26-56-45-42(48-31(4)49)44(59-34(7)52)43(58-33(6)51)41(60-45)28-57-32(5)50/h13,29-30,36-45H,10-12,14-28H2,1-9H3,(H,48,49)/t30-,36+,37+,38-,39+,40+,41-,42-,43-,44-,45-,46+,47-/m1/s1/i4D3. The van der Waals surface area contributed by atoms with E-state index in [0.717, 1.165) is 62.2 Å². The lowest BCUT2D eigenvalue weighted by Gasteiger charge is -2.58. The van der Waals surface area contributed by atoms with Gasteiger partial charge in [0, 0.05) is 31.7 Å². The van der Waals surface area contributed by atoms with Gasteiger partial charge in [0.25, 0.3) is 0 Å². The molecule has 5 aliphatic rings. The van der Waals surface area contributed by atoms with E-state index in [1.807, 2.05) is 0 Å². The number of carbonyl (C=O) groups is 4. The van der Waals surface area contributed by atoms with Crippen molar-refractivity contribution >= 4 is 23.8 Å². The molecular formula is C47H77NO12. The van der Waals surface area contributed by atoms with Gasteiger partial charge in [-0.2, -0.15) is 0 Å². The minimum Gasteiger partial charge on any atom is -0.463 e. The molecule has 4 aliphatic carbocycles. The Morgan fingerprint density at radius 3 is 2.18 bits per heavy atom. The minimum absolute atomic E-state index is 0.0653. The zero-order chi connectivity index (χ0) is 46.1. The summed E-state index contributed by atoms with van der Waals surface area (Å²) in [5.74, 6) is 1.31. The fourth-order valence-electron chi connectivity index (χ4n) is 12.0. The molecule has 60 heavy (non-hydrogen) atoms. The summed E-state index contributed by atoms with van der Waals surface area (Å²) < 4.78 is 68.2. The largest absolute Gasteiger partial charge is 0.463 e. The Morgan fingerprint density at radius 1 is 0.833 bits per heavy atom. The summed E-state index contributed by atoms with van der Waals surface area (Å²) in [6, 6.07) is -1.42. The predicted octanol–water partition coefficient (Wildman–Crippen LogP) is 7.12. The van der Waals surface area contributed by atoms with Crippen LogP contribution in [-0.2, 0) is 57.1 Å². The molecule has 0 unspecified atom stereocenters. The molecule has 13 nitrogen and oxygen atoms in total. The van der Waals surface area contributed by atoms with Crippen molar-refractivity contribution in [3.8, 4) is 0 Å². The maximum absolute atomic E-state index is 12.6. The number of allylic oxidation sites excluding steroid dienone is 1. The first kappa shape index (κ1) is 44.0. The number of nitrogens with one attached hydrogen (secondary N) is 1. The highest BCUT2D eigenvalue weighted by Crippen LogP contribution is 2.67. The lowest BCUT2D eigenvalue weighted by molar-refractivity contribution is -0.279. The Kier molecular flexibility index (Phi) is 16.3. The number of fused-ring (bicyclic) bond motifs is 5. The van der Waals surface area contributed by atoms with Crippen LogP contribution in [-0.4, -0.2) is 107 Å². The van der Waals surface area contributed by atoms with Gasteiger partial charge in [0.15, 0.2) is 18.5 Å². The average Bonchev–Trinajstić information content (AvgIpc) is 3.56. The first-order chi connectivity index (χ1) is 29.7. The van der Waals surface area contributed by atoms with Gasteiger partial charge in [0.2, 0.25) is 5.91 Å². The van der Waals surface area contributed by atoms with Crippen LogP contribution >= 0.6 is 0 Å². The van der Waals surface area contributed by atoms with Crippen LogP contribution in [0.2, 0.25) is 0 Å². The van der Waals surface area contributed by atoms with Crippen molar-refractivity contribution in [3.05, 3.63) is 11.6 Å². The smallest absolute Gasteiger partial charge is 0.303 e. The molecule has 3 saturated carbocycles. The fraction of sp³-hybridized carbons (Fsp3) is 0.872. The van der Waals surface area contributed by atoms with Gasteiger partial charge in [-0.1, -0.05) is 65.5 Å². The second-order valence-corrected chi connectivity index (χ2v) is 19.1. The van der Waals surface area contributed by atoms with Gasteiger partial charge in [-0.05, 0) is 97.7 Å². The number of ether oxygens (including phenoxy) is 8. The van der Waals surface area contributed by atoms with Gasteiger partial charge >= 0.3 is 17.9 Å². The summed E-state index contributed by atoms with van der Waals surface area (Å²) in [7, 11) is 0. The van der Waals surface area contributed by atoms with Crippen molar-refractivity contribution < 1.29 is 61.2 Å². The van der Waals surface area contributed by atoms with E-state index in [9.17, 15) is 19.2 Å². The summed E-state index contributed by atoms with van der Waals surface area (Å²) in [6.45, 7) is 13.8. The Labute approximate surface area is 363 Å². The Morgan fingerprint density at radius 2 is 1.52 bits per heavy atom. The third-order valence-electron chi connectivity index (χ3n) is 14.7. The Balaban J connectivity index is 1.04. The summed E-state index contributed by atoms with van der Waals surface area (Å²) in [6.07, 6.45) is 11.5. The predicted molar refractivity (Wildman–Crippen MR) is 224 cm³/mol. The van der Waals surface area contributed by atoms with Crippen molar-refractivity contribution in [2.75, 3.05) is 46.2 Å². The first-order valence-electron chi connectivity index (χ1n) is 24.3. The summed E-state index contributed by atoms with van der Waals surface area (Å²) in [5.41, 5.74) is 2.39. The molecule has 4 fully saturated rings. The SMILES string of the molecule is [2H]C([2H])([2H])C(=O)N[C@H]1[C@H](OCCOCCOCCO[C@H]2CC[C@@]3(C)C(=CC[C@H]4[C@@H]5CC[C@H]([C@H](C)CCCC(C)C)[C@@]5(C)CC[C@@H]43)C2)O[C@H](COC(C)=O)[C@@H](OC(C)=O)[C@@H]1OC(C)=O. The zero-order valence-electron chi connectivity index (χ0n) is 40.6. The van der Waals surface area contributed by atoms with E-state index in [0.29, 0.717) is 25.2 Å². The molecule has 342 valence electrons. The van der Waals surface area contributed by atoms with Crippen LogP contribution in [0.15, 0.2) is 11.6 Å². The quantitative estimate of drug-likeness (QED) is 0.0542. The molecule has 0 aromatic rings. The summed E-state index contributed by atoms with van der Waals surface area (Å²) in [4.78, 5) is 48.4. The average molecular weight is 851 g/mol. The third kappa shape index (κ3) is 12.3. The van der Waals surface area contributed by atoms with Crippen LogP contribution in [0.5, 0.6) is 0 Å². The van der Waals surface area contributed by atoms with E-state index < -0.39 is 67.9 Å². The molecule has 1 amide bonds. The molecule has 1 aliphatic heterocycles. The van der Waals surface area contributed by atoms with E-state index in [4.69, 9.17) is 42.0 Å². The van der Waals surface area contributed by atoms with Crippen molar-refractivity contribution in [3.63, 3.8) is 0 Å². The lowest BCUT2D eigenvalue weighted by atomic mass is 9.47. The summed E-state index contributed by atoms with van der Waals surface area (Å²) in [5, 5.41) is 2.30. The molecule has 1 saturated heterocycles. The summed E-state index contributed by atoms with van der Waals surface area (Å²) >= 11 is 0. The van der Waals surface area contributed by atoms with Gasteiger partial charge in [-0.25, -0.2) is 0 Å². The number of esters is 3. The van der Waals surface area contributed by atoms with Gasteiger partial charge in [0.1, 0.15) is 18.8 Å². The monoisotopic (exact) mass is 851 g/mol. The number of hydrogen-bond acceptors (Lipinski definition) is 12. The minimum atomic E-state index is -3.07. The molecule has 0 bridgehead atoms. The highest BCUT2D eigenvalue weighted by molar-refractivity contribution is 5.73. The fourth-order valence-corrected chi connectivity index (χ4v) is 12.0. The van der Waals surface area contributed by atoms with Crippen LogP contribution in [0, 0.1) is 46.3 Å². The van der Waals surface area contributed by atoms with E-state index in [1.54, 1.807) is 5.57 Å². The normalized spacial score (nSPS) is 36.3. The maximum Gasteiger partial charge on any atom is 0.303 e. The van der Waals surface area contributed by atoms with E-state index in [1.165, 1.54) is 64.7 Å². The van der Waals surface area contributed by atoms with E-state index in [2.05, 4.69) is 46.0 Å². The lowest BCUT2D eigenvalue weighted by Crippen LogP contribution is -2.66. The third-order valence-corrected chi connectivity index (χ3v) is 14.7. The van der Waals surface area contributed by atoms with Gasteiger partial charge in [-0.3, -0.25) is 19.2 Å².